The number of benzene rings is 1. The van der Waals surface area contributed by atoms with Crippen molar-refractivity contribution >= 4 is 32.5 Å². The molecule has 1 heterocycles. The Hall–Kier alpha value is -1.47. The highest BCUT2D eigenvalue weighted by Gasteiger charge is 2.04. The van der Waals surface area contributed by atoms with Crippen molar-refractivity contribution in [2.24, 2.45) is 0 Å². The second-order valence-electron chi connectivity index (χ2n) is 2.46. The summed E-state index contributed by atoms with van der Waals surface area (Å²) in [5.74, 6) is 0. The first-order valence-corrected chi connectivity index (χ1v) is 4.38. The van der Waals surface area contributed by atoms with Crippen LogP contribution in [0.15, 0.2) is 29.1 Å². The Bertz CT molecular complexity index is 502. The van der Waals surface area contributed by atoms with E-state index in [4.69, 9.17) is 6.57 Å². The van der Waals surface area contributed by atoms with Crippen molar-refractivity contribution < 1.29 is 0 Å². The highest BCUT2D eigenvalue weighted by atomic mass is 79.9. The van der Waals surface area contributed by atoms with E-state index in [0.717, 1.165) is 9.86 Å². The molecule has 0 saturated carbocycles. The first-order valence-electron chi connectivity index (χ1n) is 3.58. The predicted molar refractivity (Wildman–Crippen MR) is 53.5 cm³/mol. The van der Waals surface area contributed by atoms with E-state index in [1.54, 1.807) is 12.3 Å². The number of hydrogen-bond donors (Lipinski definition) is 0. The molecule has 0 unspecified atom stereocenters. The van der Waals surface area contributed by atoms with Gasteiger partial charge in [-0.1, -0.05) is 28.1 Å². The van der Waals surface area contributed by atoms with E-state index in [9.17, 15) is 0 Å². The Labute approximate surface area is 83.4 Å². The summed E-state index contributed by atoms with van der Waals surface area (Å²) in [4.78, 5) is 11.3. The fourth-order valence-corrected chi connectivity index (χ4v) is 1.54. The summed E-state index contributed by atoms with van der Waals surface area (Å²) in [6, 6.07) is 3.57. The van der Waals surface area contributed by atoms with Crippen LogP contribution in [-0.4, -0.2) is 9.97 Å². The van der Waals surface area contributed by atoms with Gasteiger partial charge in [0, 0.05) is 16.1 Å². The number of fused-ring (bicyclic) bond motifs is 1. The summed E-state index contributed by atoms with van der Waals surface area (Å²) < 4.78 is 0.913. The van der Waals surface area contributed by atoms with Gasteiger partial charge in [-0.3, -0.25) is 0 Å². The summed E-state index contributed by atoms with van der Waals surface area (Å²) in [6.45, 7) is 6.95. The van der Waals surface area contributed by atoms with Gasteiger partial charge in [0.25, 0.3) is 0 Å². The second-order valence-corrected chi connectivity index (χ2v) is 3.32. The Balaban J connectivity index is 2.95. The zero-order valence-corrected chi connectivity index (χ0v) is 8.12. The fraction of sp³-hybridized carbons (Fsp3) is 0. The Morgan fingerprint density at radius 2 is 2.23 bits per heavy atom. The van der Waals surface area contributed by atoms with Gasteiger partial charge in [0.1, 0.15) is 6.33 Å². The maximum atomic E-state index is 6.95. The van der Waals surface area contributed by atoms with Gasteiger partial charge >= 0.3 is 0 Å². The molecule has 13 heavy (non-hydrogen) atoms. The molecule has 0 fully saturated rings. The minimum absolute atomic E-state index is 0.556. The molecule has 62 valence electrons. The largest absolute Gasteiger partial charge is 0.248 e. The average molecular weight is 234 g/mol. The van der Waals surface area contributed by atoms with Gasteiger partial charge in [-0.25, -0.2) is 14.8 Å². The number of halogens is 1. The van der Waals surface area contributed by atoms with Gasteiger partial charge in [-0.15, -0.1) is 0 Å². The maximum Gasteiger partial charge on any atom is 0.213 e. The van der Waals surface area contributed by atoms with Gasteiger partial charge < -0.3 is 0 Å². The van der Waals surface area contributed by atoms with E-state index in [1.807, 2.05) is 6.07 Å². The molecule has 2 aromatic rings. The van der Waals surface area contributed by atoms with Crippen LogP contribution < -0.4 is 0 Å². The zero-order chi connectivity index (χ0) is 9.26. The Kier molecular flexibility index (Phi) is 1.95. The fourth-order valence-electron chi connectivity index (χ4n) is 1.12. The quantitative estimate of drug-likeness (QED) is 0.656. The van der Waals surface area contributed by atoms with Crippen molar-refractivity contribution in [2.75, 3.05) is 0 Å². The topological polar surface area (TPSA) is 30.1 Å². The van der Waals surface area contributed by atoms with Crippen molar-refractivity contribution in [1.82, 2.24) is 9.97 Å². The number of nitrogens with zero attached hydrogens (tertiary/aromatic N) is 3. The van der Waals surface area contributed by atoms with Crippen molar-refractivity contribution in [3.63, 3.8) is 0 Å². The summed E-state index contributed by atoms with van der Waals surface area (Å²) in [6.07, 6.45) is 3.14. The van der Waals surface area contributed by atoms with Crippen LogP contribution in [0.5, 0.6) is 0 Å². The molecule has 3 nitrogen and oxygen atoms in total. The molecule has 0 bridgehead atoms. The van der Waals surface area contributed by atoms with Crippen molar-refractivity contribution in [3.8, 4) is 0 Å². The Morgan fingerprint density at radius 3 is 3.00 bits per heavy atom. The minimum Gasteiger partial charge on any atom is -0.248 e. The zero-order valence-electron chi connectivity index (χ0n) is 6.53. The van der Waals surface area contributed by atoms with Gasteiger partial charge in [-0.2, -0.15) is 0 Å². The van der Waals surface area contributed by atoms with E-state index in [2.05, 4.69) is 30.7 Å². The van der Waals surface area contributed by atoms with Crippen LogP contribution in [0.25, 0.3) is 15.7 Å². The first-order chi connectivity index (χ1) is 6.33. The lowest BCUT2D eigenvalue weighted by Crippen LogP contribution is -1.81. The Morgan fingerprint density at radius 1 is 1.38 bits per heavy atom. The van der Waals surface area contributed by atoms with Gasteiger partial charge in [0.15, 0.2) is 0 Å². The summed E-state index contributed by atoms with van der Waals surface area (Å²) in [7, 11) is 0. The van der Waals surface area contributed by atoms with Gasteiger partial charge in [0.05, 0.1) is 12.1 Å². The molecule has 4 heteroatoms. The molecule has 0 aliphatic carbocycles. The smallest absolute Gasteiger partial charge is 0.213 e. The van der Waals surface area contributed by atoms with Crippen LogP contribution in [0.4, 0.5) is 5.69 Å². The molecule has 0 aliphatic heterocycles. The molecule has 1 aromatic carbocycles. The number of rotatable bonds is 0. The lowest BCUT2D eigenvalue weighted by atomic mass is 10.2. The molecular weight excluding hydrogens is 230 g/mol. The molecule has 0 spiro atoms. The molecule has 0 aliphatic rings. The van der Waals surface area contributed by atoms with E-state index in [0.29, 0.717) is 11.2 Å². The molecule has 0 amide bonds. The minimum atomic E-state index is 0.556. The maximum absolute atomic E-state index is 6.95. The molecule has 0 radical (unpaired) electrons. The summed E-state index contributed by atoms with van der Waals surface area (Å²) >= 11 is 3.38. The van der Waals surface area contributed by atoms with Crippen LogP contribution in [0.2, 0.25) is 0 Å². The van der Waals surface area contributed by atoms with Crippen molar-refractivity contribution in [1.29, 1.82) is 0 Å². The van der Waals surface area contributed by atoms with E-state index < -0.39 is 0 Å². The monoisotopic (exact) mass is 233 g/mol. The van der Waals surface area contributed by atoms with Crippen molar-refractivity contribution in [3.05, 3.63) is 40.5 Å². The third kappa shape index (κ3) is 1.27. The number of aromatic nitrogens is 2. The van der Waals surface area contributed by atoms with Gasteiger partial charge in [-0.05, 0) is 0 Å². The van der Waals surface area contributed by atoms with E-state index in [1.165, 1.54) is 6.33 Å². The van der Waals surface area contributed by atoms with Crippen LogP contribution in [0, 0.1) is 6.57 Å². The summed E-state index contributed by atoms with van der Waals surface area (Å²) in [5.41, 5.74) is 1.25. The van der Waals surface area contributed by atoms with Crippen LogP contribution in [0.3, 0.4) is 0 Å². The molecule has 1 aromatic heterocycles. The third-order valence-electron chi connectivity index (χ3n) is 1.72. The predicted octanol–water partition coefficient (Wildman–Crippen LogP) is 2.94. The van der Waals surface area contributed by atoms with Crippen LogP contribution in [0.1, 0.15) is 0 Å². The number of hydrogen-bond acceptors (Lipinski definition) is 2. The molecule has 2 rings (SSSR count). The summed E-state index contributed by atoms with van der Waals surface area (Å²) in [5, 5.41) is 0.871. The van der Waals surface area contributed by atoms with Crippen molar-refractivity contribution in [2.45, 2.75) is 0 Å². The average Bonchev–Trinajstić information content (AvgIpc) is 2.19. The highest BCUT2D eigenvalue weighted by Crippen LogP contribution is 2.29. The SMILES string of the molecule is [C-]#[N+]c1ccc(Br)c2cncnc12. The molecule has 0 N–H and O–H groups in total. The lowest BCUT2D eigenvalue weighted by molar-refractivity contribution is 1.22. The second kappa shape index (κ2) is 3.11. The van der Waals surface area contributed by atoms with E-state index >= 15 is 0 Å². The normalized spacial score (nSPS) is 9.85. The lowest BCUT2D eigenvalue weighted by Gasteiger charge is -1.99. The molecule has 0 atom stereocenters. The van der Waals surface area contributed by atoms with E-state index in [-0.39, 0.29) is 0 Å². The van der Waals surface area contributed by atoms with Crippen LogP contribution >= 0.6 is 15.9 Å². The molecular formula is C9H4BrN3. The standard InChI is InChI=1S/C9H4BrN3/c1-11-8-3-2-7(10)6-4-12-5-13-9(6)8/h2-5H. The van der Waals surface area contributed by atoms with Gasteiger partial charge in [0.2, 0.25) is 5.69 Å². The highest BCUT2D eigenvalue weighted by molar-refractivity contribution is 9.10. The van der Waals surface area contributed by atoms with Crippen LogP contribution in [-0.2, 0) is 0 Å². The first kappa shape index (κ1) is 8.14. The molecule has 0 saturated heterocycles. The third-order valence-corrected chi connectivity index (χ3v) is 2.41.